The Hall–Kier alpha value is -2.44. The maximum atomic E-state index is 13.4. The van der Waals surface area contributed by atoms with Crippen LogP contribution in [0.2, 0.25) is 5.02 Å². The van der Waals surface area contributed by atoms with Crippen molar-refractivity contribution in [2.24, 2.45) is 0 Å². The van der Waals surface area contributed by atoms with Crippen LogP contribution in [0.4, 0.5) is 10.2 Å². The summed E-state index contributed by atoms with van der Waals surface area (Å²) >= 11 is 6.01. The molecule has 0 unspecified atom stereocenters. The van der Waals surface area contributed by atoms with Gasteiger partial charge in [-0.25, -0.2) is 17.8 Å². The summed E-state index contributed by atoms with van der Waals surface area (Å²) in [5, 5.41) is 0.374. The molecule has 2 aromatic carbocycles. The average molecular weight is 391 g/mol. The summed E-state index contributed by atoms with van der Waals surface area (Å²) in [7, 11) is -3.82. The summed E-state index contributed by atoms with van der Waals surface area (Å²) in [4.78, 5) is 4.39. The van der Waals surface area contributed by atoms with E-state index >= 15 is 0 Å². The van der Waals surface area contributed by atoms with Gasteiger partial charge in [0.05, 0.1) is 4.90 Å². The molecule has 7 heteroatoms. The molecule has 3 rings (SSSR count). The van der Waals surface area contributed by atoms with Gasteiger partial charge in [0.1, 0.15) is 11.6 Å². The first-order valence-electron chi connectivity index (χ1n) is 7.79. The molecular formula is C19H16ClFN2O2S. The van der Waals surface area contributed by atoms with Crippen LogP contribution in [0.1, 0.15) is 11.3 Å². The number of aryl methyl sites for hydroxylation is 1. The molecular weight excluding hydrogens is 375 g/mol. The molecule has 134 valence electrons. The van der Waals surface area contributed by atoms with Crippen molar-refractivity contribution in [2.75, 3.05) is 4.72 Å². The minimum absolute atomic E-state index is 0.0960. The van der Waals surface area contributed by atoms with Crippen LogP contribution in [0.5, 0.6) is 0 Å². The van der Waals surface area contributed by atoms with E-state index in [0.29, 0.717) is 21.8 Å². The first kappa shape index (κ1) is 18.4. The zero-order valence-electron chi connectivity index (χ0n) is 14.1. The van der Waals surface area contributed by atoms with Crippen LogP contribution >= 0.6 is 11.6 Å². The molecule has 4 nitrogen and oxygen atoms in total. The number of anilines is 1. The lowest BCUT2D eigenvalue weighted by Gasteiger charge is -2.12. The van der Waals surface area contributed by atoms with Crippen LogP contribution in [0.25, 0.3) is 11.1 Å². The minimum Gasteiger partial charge on any atom is -0.263 e. The molecule has 0 fully saturated rings. The maximum Gasteiger partial charge on any atom is 0.263 e. The molecule has 26 heavy (non-hydrogen) atoms. The van der Waals surface area contributed by atoms with Gasteiger partial charge in [-0.1, -0.05) is 29.8 Å². The molecule has 1 heterocycles. The van der Waals surface area contributed by atoms with Crippen molar-refractivity contribution in [2.45, 2.75) is 18.7 Å². The largest absolute Gasteiger partial charge is 0.263 e. The van der Waals surface area contributed by atoms with Gasteiger partial charge < -0.3 is 0 Å². The fraction of sp³-hybridized carbons (Fsp3) is 0.105. The highest BCUT2D eigenvalue weighted by Gasteiger charge is 2.19. The van der Waals surface area contributed by atoms with E-state index in [1.807, 2.05) is 0 Å². The molecule has 0 atom stereocenters. The van der Waals surface area contributed by atoms with Gasteiger partial charge in [-0.15, -0.1) is 0 Å². The van der Waals surface area contributed by atoms with Crippen molar-refractivity contribution in [3.63, 3.8) is 0 Å². The third kappa shape index (κ3) is 3.71. The lowest BCUT2D eigenvalue weighted by Crippen LogP contribution is -2.15. The van der Waals surface area contributed by atoms with E-state index in [1.54, 1.807) is 50.2 Å². The van der Waals surface area contributed by atoms with E-state index in [0.717, 1.165) is 5.56 Å². The van der Waals surface area contributed by atoms with Gasteiger partial charge in [0.2, 0.25) is 0 Å². The smallest absolute Gasteiger partial charge is 0.263 e. The topological polar surface area (TPSA) is 59.1 Å². The zero-order valence-corrected chi connectivity index (χ0v) is 15.7. The molecule has 3 aromatic rings. The fourth-order valence-corrected chi connectivity index (χ4v) is 4.15. The van der Waals surface area contributed by atoms with Crippen LogP contribution in [-0.4, -0.2) is 13.4 Å². The highest BCUT2D eigenvalue weighted by atomic mass is 35.5. The fourth-order valence-electron chi connectivity index (χ4n) is 2.65. The standard InChI is InChI=1S/C19H16ClFN2O2S/c1-12-17(20)7-4-8-18(12)26(24,25)23-19-10-9-16(13(2)22-19)14-5-3-6-15(21)11-14/h3-11H,1-2H3,(H,22,23). The third-order valence-corrected chi connectivity index (χ3v) is 5.88. The van der Waals surface area contributed by atoms with Crippen molar-refractivity contribution in [1.82, 2.24) is 4.98 Å². The number of benzene rings is 2. The molecule has 0 bridgehead atoms. The normalized spacial score (nSPS) is 11.4. The van der Waals surface area contributed by atoms with E-state index in [1.165, 1.54) is 18.2 Å². The number of nitrogens with one attached hydrogen (secondary N) is 1. The molecule has 0 spiro atoms. The molecule has 0 aliphatic heterocycles. The maximum absolute atomic E-state index is 13.4. The van der Waals surface area contributed by atoms with Crippen LogP contribution < -0.4 is 4.72 Å². The number of pyridine rings is 1. The molecule has 0 aliphatic rings. The lowest BCUT2D eigenvalue weighted by atomic mass is 10.0. The van der Waals surface area contributed by atoms with E-state index in [4.69, 9.17) is 11.6 Å². The van der Waals surface area contributed by atoms with E-state index in [9.17, 15) is 12.8 Å². The molecule has 0 saturated carbocycles. The van der Waals surface area contributed by atoms with E-state index in [2.05, 4.69) is 9.71 Å². The number of sulfonamides is 1. The second-order valence-corrected chi connectivity index (χ2v) is 7.87. The average Bonchev–Trinajstić information content (AvgIpc) is 2.57. The molecule has 0 amide bonds. The number of aromatic nitrogens is 1. The Morgan fingerprint density at radius 2 is 1.77 bits per heavy atom. The quantitative estimate of drug-likeness (QED) is 0.685. The third-order valence-electron chi connectivity index (χ3n) is 3.97. The Morgan fingerprint density at radius 1 is 1.04 bits per heavy atom. The van der Waals surface area contributed by atoms with Crippen LogP contribution in [0, 0.1) is 19.7 Å². The Morgan fingerprint density at radius 3 is 2.46 bits per heavy atom. The highest BCUT2D eigenvalue weighted by Crippen LogP contribution is 2.27. The van der Waals surface area contributed by atoms with E-state index in [-0.39, 0.29) is 16.5 Å². The van der Waals surface area contributed by atoms with Gasteiger partial charge in [-0.3, -0.25) is 4.72 Å². The first-order chi connectivity index (χ1) is 12.3. The van der Waals surface area contributed by atoms with Crippen molar-refractivity contribution >= 4 is 27.4 Å². The number of nitrogens with zero attached hydrogens (tertiary/aromatic N) is 1. The van der Waals surface area contributed by atoms with Gasteiger partial charge in [-0.05, 0) is 61.4 Å². The van der Waals surface area contributed by atoms with Gasteiger partial charge in [0.25, 0.3) is 10.0 Å². The van der Waals surface area contributed by atoms with Gasteiger partial charge in [0, 0.05) is 16.3 Å². The Labute approximate surface area is 156 Å². The predicted octanol–water partition coefficient (Wildman–Crippen LogP) is 4.96. The zero-order chi connectivity index (χ0) is 18.9. The van der Waals surface area contributed by atoms with Crippen molar-refractivity contribution in [3.8, 4) is 11.1 Å². The Bertz CT molecular complexity index is 1080. The molecule has 0 aliphatic carbocycles. The summed E-state index contributed by atoms with van der Waals surface area (Å²) in [6.45, 7) is 3.38. The van der Waals surface area contributed by atoms with Gasteiger partial charge in [0.15, 0.2) is 0 Å². The summed E-state index contributed by atoms with van der Waals surface area (Å²) in [6.07, 6.45) is 0. The summed E-state index contributed by atoms with van der Waals surface area (Å²) in [5.74, 6) is -0.162. The second kappa shape index (κ2) is 7.05. The van der Waals surface area contributed by atoms with Crippen LogP contribution in [-0.2, 0) is 10.0 Å². The minimum atomic E-state index is -3.82. The number of halogens is 2. The molecule has 0 radical (unpaired) electrons. The van der Waals surface area contributed by atoms with Crippen LogP contribution in [0.15, 0.2) is 59.5 Å². The SMILES string of the molecule is Cc1nc(NS(=O)(=O)c2cccc(Cl)c2C)ccc1-c1cccc(F)c1. The van der Waals surface area contributed by atoms with Crippen LogP contribution in [0.3, 0.4) is 0 Å². The van der Waals surface area contributed by atoms with Crippen molar-refractivity contribution in [3.05, 3.63) is 76.7 Å². The van der Waals surface area contributed by atoms with E-state index < -0.39 is 10.0 Å². The summed E-state index contributed by atoms with van der Waals surface area (Å²) < 4.78 is 41.1. The number of hydrogen-bond acceptors (Lipinski definition) is 3. The molecule has 0 saturated heterocycles. The second-order valence-electron chi connectivity index (χ2n) is 5.81. The Balaban J connectivity index is 1.94. The summed E-state index contributed by atoms with van der Waals surface area (Å²) in [6, 6.07) is 14.1. The van der Waals surface area contributed by atoms with Crippen molar-refractivity contribution in [1.29, 1.82) is 0 Å². The highest BCUT2D eigenvalue weighted by molar-refractivity contribution is 7.92. The molecule has 1 N–H and O–H groups in total. The van der Waals surface area contributed by atoms with Gasteiger partial charge in [-0.2, -0.15) is 0 Å². The van der Waals surface area contributed by atoms with Crippen molar-refractivity contribution < 1.29 is 12.8 Å². The summed E-state index contributed by atoms with van der Waals surface area (Å²) in [5.41, 5.74) is 2.45. The molecule has 1 aromatic heterocycles. The first-order valence-corrected chi connectivity index (χ1v) is 9.65. The lowest BCUT2D eigenvalue weighted by molar-refractivity contribution is 0.600. The predicted molar refractivity (Wildman–Crippen MR) is 101 cm³/mol. The number of hydrogen-bond donors (Lipinski definition) is 1. The number of rotatable bonds is 4. The monoisotopic (exact) mass is 390 g/mol. The Kier molecular flexibility index (Phi) is 4.98. The van der Waals surface area contributed by atoms with Gasteiger partial charge >= 0.3 is 0 Å².